The first kappa shape index (κ1) is 22.1. The third-order valence-corrected chi connectivity index (χ3v) is 6.50. The molecule has 0 amide bonds. The standard InChI is InChI=1S/C21H27N5O.2ClH/c1-13-14(2)23-21(25-5-3-4-6-25)24-20(13)16-8-18-17-7-15(10-22-11-17)12-26(18)19(27)9-16;;/h8-9,15,17,22H,3-7,10-12H2,1-2H3;2*1H/t15-,17+;;/m0../s1. The van der Waals surface area contributed by atoms with Gasteiger partial charge in [0.15, 0.2) is 0 Å². The summed E-state index contributed by atoms with van der Waals surface area (Å²) < 4.78 is 1.99. The largest absolute Gasteiger partial charge is 0.341 e. The Morgan fingerprint density at radius 3 is 2.59 bits per heavy atom. The van der Waals surface area contributed by atoms with Crippen molar-refractivity contribution in [1.82, 2.24) is 19.9 Å². The molecule has 2 bridgehead atoms. The number of rotatable bonds is 2. The molecule has 0 aromatic carbocycles. The average molecular weight is 438 g/mol. The van der Waals surface area contributed by atoms with Gasteiger partial charge in [-0.25, -0.2) is 9.97 Å². The van der Waals surface area contributed by atoms with Gasteiger partial charge in [0, 0.05) is 55.1 Å². The fourth-order valence-electron chi connectivity index (χ4n) is 4.89. The fraction of sp³-hybridized carbons (Fsp3) is 0.571. The van der Waals surface area contributed by atoms with Gasteiger partial charge in [-0.1, -0.05) is 0 Å². The van der Waals surface area contributed by atoms with E-state index < -0.39 is 0 Å². The Kier molecular flexibility index (Phi) is 6.56. The number of aromatic nitrogens is 3. The van der Waals surface area contributed by atoms with Gasteiger partial charge < -0.3 is 14.8 Å². The number of pyridine rings is 1. The molecule has 1 N–H and O–H groups in total. The van der Waals surface area contributed by atoms with Gasteiger partial charge >= 0.3 is 0 Å². The van der Waals surface area contributed by atoms with Crippen molar-refractivity contribution >= 4 is 30.8 Å². The molecule has 158 valence electrons. The number of aryl methyl sites for hydroxylation is 1. The molecular formula is C21H29Cl2N5O. The SMILES string of the molecule is Cc1nc(N2CCCC2)nc(-c2cc3n(c(=O)c2)C[C@@H]2CNC[C@H]3C2)c1C.Cl.Cl. The average Bonchev–Trinajstić information content (AvgIpc) is 3.20. The van der Waals surface area contributed by atoms with Crippen LogP contribution in [0.5, 0.6) is 0 Å². The van der Waals surface area contributed by atoms with Crippen LogP contribution in [0.25, 0.3) is 11.3 Å². The molecule has 0 spiro atoms. The molecule has 6 nitrogen and oxygen atoms in total. The Bertz CT molecular complexity index is 955. The number of nitrogens with one attached hydrogen (secondary N) is 1. The van der Waals surface area contributed by atoms with E-state index in [1.807, 2.05) is 11.5 Å². The highest BCUT2D eigenvalue weighted by molar-refractivity contribution is 5.85. The molecule has 2 aromatic heterocycles. The first-order chi connectivity index (χ1) is 13.1. The predicted molar refractivity (Wildman–Crippen MR) is 121 cm³/mol. The lowest BCUT2D eigenvalue weighted by molar-refractivity contribution is 0.257. The van der Waals surface area contributed by atoms with Crippen LogP contribution in [0, 0.1) is 19.8 Å². The molecule has 3 aliphatic heterocycles. The van der Waals surface area contributed by atoms with Crippen LogP contribution in [0.1, 0.15) is 42.1 Å². The third kappa shape index (κ3) is 3.90. The van der Waals surface area contributed by atoms with Crippen LogP contribution in [0.15, 0.2) is 16.9 Å². The lowest BCUT2D eigenvalue weighted by atomic mass is 9.83. The van der Waals surface area contributed by atoms with E-state index in [1.54, 1.807) is 6.07 Å². The molecule has 2 aromatic rings. The maximum atomic E-state index is 12.9. The molecule has 0 aliphatic carbocycles. The summed E-state index contributed by atoms with van der Waals surface area (Å²) in [4.78, 5) is 24.8. The minimum Gasteiger partial charge on any atom is -0.341 e. The van der Waals surface area contributed by atoms with Crippen LogP contribution in [-0.2, 0) is 6.54 Å². The third-order valence-electron chi connectivity index (χ3n) is 6.50. The predicted octanol–water partition coefficient (Wildman–Crippen LogP) is 3.07. The number of anilines is 1. The van der Waals surface area contributed by atoms with Gasteiger partial charge in [0.1, 0.15) is 0 Å². The smallest absolute Gasteiger partial charge is 0.251 e. The molecule has 2 saturated heterocycles. The molecule has 0 unspecified atom stereocenters. The zero-order valence-corrected chi connectivity index (χ0v) is 18.6. The summed E-state index contributed by atoms with van der Waals surface area (Å²) in [5, 5.41) is 3.53. The molecule has 5 heterocycles. The van der Waals surface area contributed by atoms with Crippen LogP contribution in [0.4, 0.5) is 5.95 Å². The van der Waals surface area contributed by atoms with Crippen molar-refractivity contribution in [2.24, 2.45) is 5.92 Å². The number of halogens is 2. The van der Waals surface area contributed by atoms with Gasteiger partial charge in [-0.3, -0.25) is 4.79 Å². The van der Waals surface area contributed by atoms with Crippen molar-refractivity contribution in [3.8, 4) is 11.3 Å². The summed E-state index contributed by atoms with van der Waals surface area (Å²) in [7, 11) is 0. The van der Waals surface area contributed by atoms with E-state index in [1.165, 1.54) is 25.0 Å². The monoisotopic (exact) mass is 437 g/mol. The highest BCUT2D eigenvalue weighted by Gasteiger charge is 2.31. The van der Waals surface area contributed by atoms with Crippen molar-refractivity contribution < 1.29 is 0 Å². The summed E-state index contributed by atoms with van der Waals surface area (Å²) in [6.07, 6.45) is 3.57. The van der Waals surface area contributed by atoms with Crippen molar-refractivity contribution in [3.05, 3.63) is 39.4 Å². The summed E-state index contributed by atoms with van der Waals surface area (Å²) >= 11 is 0. The maximum Gasteiger partial charge on any atom is 0.251 e. The number of nitrogens with zero attached hydrogens (tertiary/aromatic N) is 4. The number of hydrogen-bond acceptors (Lipinski definition) is 5. The molecule has 29 heavy (non-hydrogen) atoms. The minimum atomic E-state index is 0. The summed E-state index contributed by atoms with van der Waals surface area (Å²) in [6, 6.07) is 3.98. The van der Waals surface area contributed by atoms with Crippen molar-refractivity contribution in [3.63, 3.8) is 0 Å². The molecular weight excluding hydrogens is 409 g/mol. The van der Waals surface area contributed by atoms with Crippen molar-refractivity contribution in [1.29, 1.82) is 0 Å². The van der Waals surface area contributed by atoms with Gasteiger partial charge in [-0.05, 0) is 57.2 Å². The minimum absolute atomic E-state index is 0. The first-order valence-corrected chi connectivity index (χ1v) is 10.2. The topological polar surface area (TPSA) is 63.1 Å². The maximum absolute atomic E-state index is 12.9. The van der Waals surface area contributed by atoms with E-state index in [4.69, 9.17) is 9.97 Å². The van der Waals surface area contributed by atoms with E-state index in [-0.39, 0.29) is 30.4 Å². The summed E-state index contributed by atoms with van der Waals surface area (Å²) in [5.41, 5.74) is 5.20. The summed E-state index contributed by atoms with van der Waals surface area (Å²) in [6.45, 7) is 8.95. The normalized spacial score (nSPS) is 22.5. The van der Waals surface area contributed by atoms with E-state index in [0.29, 0.717) is 11.8 Å². The second-order valence-electron chi connectivity index (χ2n) is 8.35. The Hall–Kier alpha value is -1.63. The zero-order chi connectivity index (χ0) is 18.5. The Labute approximate surface area is 183 Å². The lowest BCUT2D eigenvalue weighted by Gasteiger charge is -2.37. The Morgan fingerprint density at radius 1 is 1.07 bits per heavy atom. The van der Waals surface area contributed by atoms with Crippen molar-refractivity contribution in [2.75, 3.05) is 31.1 Å². The van der Waals surface area contributed by atoms with Crippen LogP contribution in [0.2, 0.25) is 0 Å². The highest BCUT2D eigenvalue weighted by atomic mass is 35.5. The van der Waals surface area contributed by atoms with E-state index >= 15 is 0 Å². The second kappa shape index (κ2) is 8.62. The zero-order valence-electron chi connectivity index (χ0n) is 17.0. The van der Waals surface area contributed by atoms with E-state index in [0.717, 1.165) is 61.2 Å². The molecule has 2 fully saturated rings. The number of hydrogen-bond donors (Lipinski definition) is 1. The van der Waals surface area contributed by atoms with Gasteiger partial charge in [-0.15, -0.1) is 24.8 Å². The Morgan fingerprint density at radius 2 is 1.83 bits per heavy atom. The highest BCUT2D eigenvalue weighted by Crippen LogP contribution is 2.34. The fourth-order valence-corrected chi connectivity index (χ4v) is 4.89. The molecule has 0 radical (unpaired) electrons. The van der Waals surface area contributed by atoms with Crippen molar-refractivity contribution in [2.45, 2.75) is 45.6 Å². The van der Waals surface area contributed by atoms with Gasteiger partial charge in [0.05, 0.1) is 5.69 Å². The summed E-state index contributed by atoms with van der Waals surface area (Å²) in [5.74, 6) is 1.80. The number of fused-ring (bicyclic) bond motifs is 4. The van der Waals surface area contributed by atoms with Crippen LogP contribution >= 0.6 is 24.8 Å². The Balaban J connectivity index is 0.00000120. The van der Waals surface area contributed by atoms with Gasteiger partial charge in [0.2, 0.25) is 5.95 Å². The number of piperidine rings is 1. The van der Waals surface area contributed by atoms with Crippen LogP contribution in [-0.4, -0.2) is 40.7 Å². The van der Waals surface area contributed by atoms with Crippen LogP contribution < -0.4 is 15.8 Å². The molecule has 2 atom stereocenters. The second-order valence-corrected chi connectivity index (χ2v) is 8.35. The van der Waals surface area contributed by atoms with E-state index in [9.17, 15) is 4.79 Å². The molecule has 5 rings (SSSR count). The van der Waals surface area contributed by atoms with Gasteiger partial charge in [0.25, 0.3) is 5.56 Å². The molecule has 0 saturated carbocycles. The van der Waals surface area contributed by atoms with E-state index in [2.05, 4.69) is 23.2 Å². The first-order valence-electron chi connectivity index (χ1n) is 10.2. The molecule has 3 aliphatic rings. The lowest BCUT2D eigenvalue weighted by Crippen LogP contribution is -2.44. The van der Waals surface area contributed by atoms with Gasteiger partial charge in [-0.2, -0.15) is 0 Å². The quantitative estimate of drug-likeness (QED) is 0.781. The molecule has 8 heteroatoms. The van der Waals surface area contributed by atoms with Crippen LogP contribution in [0.3, 0.4) is 0 Å².